The van der Waals surface area contributed by atoms with Crippen LogP contribution in [0.5, 0.6) is 5.88 Å². The predicted molar refractivity (Wildman–Crippen MR) is 90.3 cm³/mol. The fourth-order valence-corrected chi connectivity index (χ4v) is 3.31. The van der Waals surface area contributed by atoms with Crippen molar-refractivity contribution >= 4 is 17.5 Å². The molecule has 9 heteroatoms. The third kappa shape index (κ3) is 3.88. The van der Waals surface area contributed by atoms with Gasteiger partial charge in [-0.2, -0.15) is 0 Å². The van der Waals surface area contributed by atoms with Gasteiger partial charge in [-0.25, -0.2) is 9.78 Å². The molecule has 1 atom stereocenters. The molecule has 1 aliphatic heterocycles. The number of carbonyl (C=O) groups excluding carboxylic acids is 1. The lowest BCUT2D eigenvalue weighted by Crippen LogP contribution is -2.33. The molecule has 134 valence electrons. The van der Waals surface area contributed by atoms with Crippen LogP contribution in [0.3, 0.4) is 0 Å². The van der Waals surface area contributed by atoms with E-state index in [2.05, 4.69) is 10.1 Å². The van der Waals surface area contributed by atoms with Crippen molar-refractivity contribution < 1.29 is 18.8 Å². The van der Waals surface area contributed by atoms with Crippen molar-refractivity contribution in [3.63, 3.8) is 0 Å². The highest BCUT2D eigenvalue weighted by atomic mass is 32.2. The second-order valence-electron chi connectivity index (χ2n) is 6.63. The third-order valence-corrected chi connectivity index (χ3v) is 4.67. The van der Waals surface area contributed by atoms with E-state index in [4.69, 9.17) is 9.47 Å². The first-order chi connectivity index (χ1) is 11.8. The fraction of sp³-hybridized carbons (Fsp3) is 0.438. The van der Waals surface area contributed by atoms with Crippen LogP contribution in [0.25, 0.3) is 0 Å². The summed E-state index contributed by atoms with van der Waals surface area (Å²) in [6.45, 7) is 6.21. The van der Waals surface area contributed by atoms with E-state index in [-0.39, 0.29) is 6.09 Å². The molecule has 0 bridgehead atoms. The molecular formula is C16H20N4O4S. The van der Waals surface area contributed by atoms with Gasteiger partial charge in [-0.3, -0.25) is 4.90 Å². The van der Waals surface area contributed by atoms with Crippen LogP contribution in [0.4, 0.5) is 4.79 Å². The van der Waals surface area contributed by atoms with Crippen LogP contribution >= 0.6 is 0 Å². The minimum Gasteiger partial charge on any atom is -0.586 e. The molecule has 1 aliphatic rings. The van der Waals surface area contributed by atoms with E-state index in [1.807, 2.05) is 20.8 Å². The zero-order valence-corrected chi connectivity index (χ0v) is 15.4. The number of hydrogen-bond donors (Lipinski definition) is 0. The molecule has 0 aliphatic carbocycles. The normalized spacial score (nSPS) is 15.0. The molecule has 0 fully saturated rings. The summed E-state index contributed by atoms with van der Waals surface area (Å²) in [5.74, 6) is 0.455. The first kappa shape index (κ1) is 17.6. The molecule has 0 spiro atoms. The average molecular weight is 364 g/mol. The molecule has 2 aromatic heterocycles. The second-order valence-corrected chi connectivity index (χ2v) is 7.97. The molecule has 0 radical (unpaired) electrons. The summed E-state index contributed by atoms with van der Waals surface area (Å²) < 4.78 is 24.3. The summed E-state index contributed by atoms with van der Waals surface area (Å²) >= 11 is -1.50. The van der Waals surface area contributed by atoms with Gasteiger partial charge in [0.2, 0.25) is 10.8 Å². The Labute approximate surface area is 149 Å². The van der Waals surface area contributed by atoms with Gasteiger partial charge in [0.1, 0.15) is 17.0 Å². The Morgan fingerprint density at radius 1 is 1.32 bits per heavy atom. The van der Waals surface area contributed by atoms with Crippen LogP contribution in [0.2, 0.25) is 0 Å². The maximum atomic E-state index is 12.6. The van der Waals surface area contributed by atoms with Gasteiger partial charge >= 0.3 is 6.09 Å². The lowest BCUT2D eigenvalue weighted by molar-refractivity contribution is 0.0239. The number of hydrogen-bond acceptors (Lipinski definition) is 6. The van der Waals surface area contributed by atoms with Gasteiger partial charge in [0, 0.05) is 17.7 Å². The van der Waals surface area contributed by atoms with Crippen molar-refractivity contribution in [2.45, 2.75) is 44.4 Å². The SMILES string of the molecule is COc1ccc([S+]([O-])n2cc3c(n2)CN(C(=O)OC(C)(C)C)C3)cn1. The number of amides is 1. The molecule has 0 saturated carbocycles. The van der Waals surface area contributed by atoms with Crippen LogP contribution < -0.4 is 4.74 Å². The zero-order chi connectivity index (χ0) is 18.2. The summed E-state index contributed by atoms with van der Waals surface area (Å²) in [6, 6.07) is 3.33. The van der Waals surface area contributed by atoms with E-state index in [0.717, 1.165) is 11.3 Å². The zero-order valence-electron chi connectivity index (χ0n) is 14.6. The number of ether oxygens (including phenoxy) is 2. The van der Waals surface area contributed by atoms with E-state index in [9.17, 15) is 9.35 Å². The lowest BCUT2D eigenvalue weighted by atomic mass is 10.2. The summed E-state index contributed by atoms with van der Waals surface area (Å²) in [5.41, 5.74) is 1.04. The highest BCUT2D eigenvalue weighted by Crippen LogP contribution is 2.25. The molecular weight excluding hydrogens is 344 g/mol. The third-order valence-electron chi connectivity index (χ3n) is 3.50. The van der Waals surface area contributed by atoms with E-state index < -0.39 is 17.0 Å². The van der Waals surface area contributed by atoms with Gasteiger partial charge in [-0.05, 0) is 20.8 Å². The predicted octanol–water partition coefficient (Wildman–Crippen LogP) is 2.11. The topological polar surface area (TPSA) is 92.5 Å². The Morgan fingerprint density at radius 2 is 2.08 bits per heavy atom. The molecule has 0 saturated heterocycles. The fourth-order valence-electron chi connectivity index (χ4n) is 2.37. The van der Waals surface area contributed by atoms with Crippen LogP contribution in [-0.4, -0.2) is 42.4 Å². The van der Waals surface area contributed by atoms with Gasteiger partial charge in [0.05, 0.1) is 38.3 Å². The summed E-state index contributed by atoms with van der Waals surface area (Å²) in [5, 5.41) is 4.35. The number of pyridine rings is 1. The molecule has 3 rings (SSSR count). The minimum atomic E-state index is -1.50. The first-order valence-corrected chi connectivity index (χ1v) is 8.85. The summed E-state index contributed by atoms with van der Waals surface area (Å²) in [4.78, 5) is 18.3. The molecule has 8 nitrogen and oxygen atoms in total. The Balaban J connectivity index is 1.69. The minimum absolute atomic E-state index is 0.343. The van der Waals surface area contributed by atoms with Crippen molar-refractivity contribution in [2.75, 3.05) is 7.11 Å². The number of nitrogens with zero attached hydrogens (tertiary/aromatic N) is 4. The van der Waals surface area contributed by atoms with Crippen molar-refractivity contribution in [3.05, 3.63) is 35.8 Å². The molecule has 3 heterocycles. The van der Waals surface area contributed by atoms with Gasteiger partial charge in [-0.1, -0.05) is 4.09 Å². The Bertz CT molecular complexity index is 746. The van der Waals surface area contributed by atoms with Crippen molar-refractivity contribution in [3.8, 4) is 5.88 Å². The van der Waals surface area contributed by atoms with E-state index in [0.29, 0.717) is 23.9 Å². The van der Waals surface area contributed by atoms with Crippen LogP contribution in [-0.2, 0) is 29.2 Å². The molecule has 1 amide bonds. The standard InChI is InChI=1S/C16H20N4O4S/c1-16(2,3)24-15(21)19-8-11-9-20(18-13(11)10-19)25(22)12-5-6-14(23-4)17-7-12/h5-7,9H,8,10H2,1-4H3. The molecule has 25 heavy (non-hydrogen) atoms. The maximum Gasteiger partial charge on any atom is 0.410 e. The second kappa shape index (κ2) is 6.57. The highest BCUT2D eigenvalue weighted by Gasteiger charge is 2.31. The quantitative estimate of drug-likeness (QED) is 0.775. The number of rotatable bonds is 3. The summed E-state index contributed by atoms with van der Waals surface area (Å²) in [7, 11) is 1.52. The lowest BCUT2D eigenvalue weighted by Gasteiger charge is -2.24. The van der Waals surface area contributed by atoms with Crippen molar-refractivity contribution in [1.29, 1.82) is 0 Å². The smallest absolute Gasteiger partial charge is 0.410 e. The van der Waals surface area contributed by atoms with Crippen molar-refractivity contribution in [1.82, 2.24) is 19.1 Å². The largest absolute Gasteiger partial charge is 0.586 e. The molecule has 1 unspecified atom stereocenters. The monoisotopic (exact) mass is 364 g/mol. The van der Waals surface area contributed by atoms with Crippen LogP contribution in [0.15, 0.2) is 29.4 Å². The van der Waals surface area contributed by atoms with E-state index >= 15 is 0 Å². The van der Waals surface area contributed by atoms with E-state index in [1.54, 1.807) is 23.2 Å². The first-order valence-electron chi connectivity index (χ1n) is 7.74. The Hall–Kier alpha value is -2.26. The van der Waals surface area contributed by atoms with Crippen LogP contribution in [0, 0.1) is 0 Å². The van der Waals surface area contributed by atoms with Crippen LogP contribution in [0.1, 0.15) is 32.0 Å². The average Bonchev–Trinajstić information content (AvgIpc) is 3.11. The van der Waals surface area contributed by atoms with Gasteiger partial charge in [-0.15, -0.1) is 5.10 Å². The summed E-state index contributed by atoms with van der Waals surface area (Å²) in [6.07, 6.45) is 2.81. The number of methoxy groups -OCH3 is 1. The number of carbonyl (C=O) groups is 1. The van der Waals surface area contributed by atoms with Crippen molar-refractivity contribution in [2.24, 2.45) is 0 Å². The number of aromatic nitrogens is 3. The molecule has 2 aromatic rings. The van der Waals surface area contributed by atoms with Gasteiger partial charge in [0.15, 0.2) is 0 Å². The molecule has 0 aromatic carbocycles. The Morgan fingerprint density at radius 3 is 2.64 bits per heavy atom. The van der Waals surface area contributed by atoms with Gasteiger partial charge in [0.25, 0.3) is 0 Å². The number of fused-ring (bicyclic) bond motifs is 1. The highest BCUT2D eigenvalue weighted by molar-refractivity contribution is 7.89. The maximum absolute atomic E-state index is 12.6. The van der Waals surface area contributed by atoms with E-state index in [1.165, 1.54) is 17.4 Å². The molecule has 0 N–H and O–H groups in total. The van der Waals surface area contributed by atoms with Gasteiger partial charge < -0.3 is 14.0 Å². The Kier molecular flexibility index (Phi) is 4.61.